The summed E-state index contributed by atoms with van der Waals surface area (Å²) in [6.45, 7) is 4.15. The molecule has 0 atom stereocenters. The van der Waals surface area contributed by atoms with Crippen molar-refractivity contribution in [3.8, 4) is 5.69 Å². The van der Waals surface area contributed by atoms with Crippen molar-refractivity contribution in [1.29, 1.82) is 0 Å². The second kappa shape index (κ2) is 5.22. The van der Waals surface area contributed by atoms with Crippen LogP contribution in [-0.4, -0.2) is 28.5 Å². The van der Waals surface area contributed by atoms with E-state index in [9.17, 15) is 9.59 Å². The molecular formula is C17H20N4O2. The van der Waals surface area contributed by atoms with Crippen LogP contribution in [-0.2, 0) is 6.42 Å². The highest BCUT2D eigenvalue weighted by atomic mass is 16.1. The number of rotatable bonds is 2. The van der Waals surface area contributed by atoms with E-state index in [0.717, 1.165) is 12.1 Å². The first kappa shape index (κ1) is 15.3. The van der Waals surface area contributed by atoms with Crippen LogP contribution in [0.2, 0.25) is 0 Å². The summed E-state index contributed by atoms with van der Waals surface area (Å²) in [6.07, 6.45) is 2.89. The number of hydrogen-bond acceptors (Lipinski definition) is 4. The summed E-state index contributed by atoms with van der Waals surface area (Å²) in [4.78, 5) is 24.0. The number of nitrogen functional groups attached to an aromatic ring is 1. The van der Waals surface area contributed by atoms with Crippen molar-refractivity contribution >= 4 is 17.4 Å². The second-order valence-electron chi connectivity index (χ2n) is 6.71. The Balaban J connectivity index is 2.08. The van der Waals surface area contributed by atoms with Gasteiger partial charge < -0.3 is 11.1 Å². The summed E-state index contributed by atoms with van der Waals surface area (Å²) in [7, 11) is 1.57. The lowest BCUT2D eigenvalue weighted by Gasteiger charge is -2.29. The number of benzene rings is 1. The molecular weight excluding hydrogens is 292 g/mol. The van der Waals surface area contributed by atoms with Crippen LogP contribution in [0.4, 0.5) is 5.69 Å². The molecule has 1 aliphatic carbocycles. The number of nitrogens with zero attached hydrogens (tertiary/aromatic N) is 2. The van der Waals surface area contributed by atoms with Gasteiger partial charge in [-0.2, -0.15) is 5.10 Å². The molecule has 0 spiro atoms. The standard InChI is InChI=1S/C17H20N4O2/c1-17(2)7-14-11(15(22)8-17)9-20-21(14)13-5-4-10(6-12(13)18)16(23)19-3/h4-6,9H,7-8,18H2,1-3H3,(H,19,23). The van der Waals surface area contributed by atoms with E-state index in [1.54, 1.807) is 36.1 Å². The quantitative estimate of drug-likeness (QED) is 0.830. The minimum atomic E-state index is -0.193. The smallest absolute Gasteiger partial charge is 0.251 e. The molecule has 120 valence electrons. The van der Waals surface area contributed by atoms with Gasteiger partial charge >= 0.3 is 0 Å². The third kappa shape index (κ3) is 2.60. The number of fused-ring (bicyclic) bond motifs is 1. The summed E-state index contributed by atoms with van der Waals surface area (Å²) < 4.78 is 1.72. The predicted molar refractivity (Wildman–Crippen MR) is 87.8 cm³/mol. The fraction of sp³-hybridized carbons (Fsp3) is 0.353. The topological polar surface area (TPSA) is 90.0 Å². The Labute approximate surface area is 134 Å². The molecule has 3 rings (SSSR count). The Hall–Kier alpha value is -2.63. The average Bonchev–Trinajstić information content (AvgIpc) is 2.88. The van der Waals surface area contributed by atoms with Crippen LogP contribution >= 0.6 is 0 Å². The molecule has 0 unspecified atom stereocenters. The maximum atomic E-state index is 12.3. The van der Waals surface area contributed by atoms with Gasteiger partial charge in [0, 0.05) is 19.0 Å². The molecule has 23 heavy (non-hydrogen) atoms. The van der Waals surface area contributed by atoms with Crippen molar-refractivity contribution in [2.75, 3.05) is 12.8 Å². The van der Waals surface area contributed by atoms with E-state index in [-0.39, 0.29) is 17.1 Å². The zero-order valence-electron chi connectivity index (χ0n) is 13.5. The third-order valence-electron chi connectivity index (χ3n) is 4.20. The number of amides is 1. The highest BCUT2D eigenvalue weighted by Gasteiger charge is 2.34. The molecule has 6 heteroatoms. The summed E-state index contributed by atoms with van der Waals surface area (Å²) in [5, 5.41) is 6.92. The molecule has 1 heterocycles. The Morgan fingerprint density at radius 2 is 2.09 bits per heavy atom. The summed E-state index contributed by atoms with van der Waals surface area (Å²) >= 11 is 0. The van der Waals surface area contributed by atoms with Gasteiger partial charge in [-0.15, -0.1) is 0 Å². The molecule has 1 aromatic carbocycles. The van der Waals surface area contributed by atoms with Gasteiger partial charge in [-0.25, -0.2) is 4.68 Å². The number of carbonyl (C=O) groups excluding carboxylic acids is 2. The Bertz CT molecular complexity index is 805. The second-order valence-corrected chi connectivity index (χ2v) is 6.71. The monoisotopic (exact) mass is 312 g/mol. The van der Waals surface area contributed by atoms with Crippen LogP contribution in [0.5, 0.6) is 0 Å². The van der Waals surface area contributed by atoms with Crippen LogP contribution in [0.1, 0.15) is 46.7 Å². The maximum Gasteiger partial charge on any atom is 0.251 e. The largest absolute Gasteiger partial charge is 0.397 e. The van der Waals surface area contributed by atoms with Crippen molar-refractivity contribution in [2.24, 2.45) is 5.41 Å². The molecule has 1 amide bonds. The lowest BCUT2D eigenvalue weighted by Crippen LogP contribution is -2.28. The van der Waals surface area contributed by atoms with E-state index in [4.69, 9.17) is 5.73 Å². The number of Topliss-reactive ketones (excluding diaryl/α,β-unsaturated/α-hetero) is 1. The zero-order chi connectivity index (χ0) is 16.8. The van der Waals surface area contributed by atoms with Gasteiger partial charge in [0.1, 0.15) is 0 Å². The van der Waals surface area contributed by atoms with Gasteiger partial charge in [0.15, 0.2) is 5.78 Å². The SMILES string of the molecule is CNC(=O)c1ccc(-n2ncc3c2CC(C)(C)CC3=O)c(N)c1. The van der Waals surface area contributed by atoms with Gasteiger partial charge in [0.05, 0.1) is 28.8 Å². The number of nitrogens with one attached hydrogen (secondary N) is 1. The minimum Gasteiger partial charge on any atom is -0.397 e. The number of anilines is 1. The normalized spacial score (nSPS) is 16.0. The molecule has 1 aliphatic rings. The van der Waals surface area contributed by atoms with E-state index in [2.05, 4.69) is 24.3 Å². The van der Waals surface area contributed by atoms with Gasteiger partial charge in [-0.05, 0) is 30.0 Å². The molecule has 1 aromatic heterocycles. The zero-order valence-corrected chi connectivity index (χ0v) is 13.5. The van der Waals surface area contributed by atoms with Crippen LogP contribution in [0.15, 0.2) is 24.4 Å². The number of aromatic nitrogens is 2. The Morgan fingerprint density at radius 3 is 2.74 bits per heavy atom. The van der Waals surface area contributed by atoms with E-state index < -0.39 is 0 Å². The van der Waals surface area contributed by atoms with Crippen molar-refractivity contribution in [3.63, 3.8) is 0 Å². The number of ketones is 1. The fourth-order valence-electron chi connectivity index (χ4n) is 3.06. The van der Waals surface area contributed by atoms with Crippen LogP contribution in [0.3, 0.4) is 0 Å². The van der Waals surface area contributed by atoms with Gasteiger partial charge in [-0.1, -0.05) is 13.8 Å². The summed E-state index contributed by atoms with van der Waals surface area (Å²) in [5.41, 5.74) is 9.19. The summed E-state index contributed by atoms with van der Waals surface area (Å²) in [5.74, 6) is -0.0786. The number of nitrogens with two attached hydrogens (primary N) is 1. The maximum absolute atomic E-state index is 12.3. The molecule has 6 nitrogen and oxygen atoms in total. The molecule has 0 aliphatic heterocycles. The van der Waals surface area contributed by atoms with Gasteiger partial charge in [-0.3, -0.25) is 9.59 Å². The average molecular weight is 312 g/mol. The summed E-state index contributed by atoms with van der Waals surface area (Å²) in [6, 6.07) is 5.09. The van der Waals surface area contributed by atoms with Gasteiger partial charge in [0.25, 0.3) is 5.91 Å². The lowest BCUT2D eigenvalue weighted by molar-refractivity contribution is 0.0909. The molecule has 2 aromatic rings. The Morgan fingerprint density at radius 1 is 1.35 bits per heavy atom. The number of carbonyl (C=O) groups is 2. The van der Waals surface area contributed by atoms with Crippen molar-refractivity contribution < 1.29 is 9.59 Å². The first-order chi connectivity index (χ1) is 10.8. The van der Waals surface area contributed by atoms with Crippen molar-refractivity contribution in [3.05, 3.63) is 41.2 Å². The first-order valence-electron chi connectivity index (χ1n) is 7.54. The minimum absolute atomic E-state index is 0.0985. The van der Waals surface area contributed by atoms with Crippen molar-refractivity contribution in [1.82, 2.24) is 15.1 Å². The Kier molecular flexibility index (Phi) is 3.47. The molecule has 0 saturated heterocycles. The molecule has 3 N–H and O–H groups in total. The molecule has 0 radical (unpaired) electrons. The van der Waals surface area contributed by atoms with E-state index in [1.165, 1.54) is 0 Å². The molecule has 0 bridgehead atoms. The number of hydrogen-bond donors (Lipinski definition) is 2. The van der Waals surface area contributed by atoms with Crippen LogP contribution < -0.4 is 11.1 Å². The highest BCUT2D eigenvalue weighted by Crippen LogP contribution is 2.36. The van der Waals surface area contributed by atoms with Crippen molar-refractivity contribution in [2.45, 2.75) is 26.7 Å². The van der Waals surface area contributed by atoms with Gasteiger partial charge in [0.2, 0.25) is 0 Å². The van der Waals surface area contributed by atoms with E-state index in [0.29, 0.717) is 28.9 Å². The van der Waals surface area contributed by atoms with Crippen LogP contribution in [0, 0.1) is 5.41 Å². The molecule has 0 fully saturated rings. The molecule has 0 saturated carbocycles. The highest BCUT2D eigenvalue weighted by molar-refractivity contribution is 5.99. The van der Waals surface area contributed by atoms with E-state index >= 15 is 0 Å². The fourth-order valence-corrected chi connectivity index (χ4v) is 3.06. The predicted octanol–water partition coefficient (Wildman–Crippen LogP) is 1.97. The van der Waals surface area contributed by atoms with Crippen LogP contribution in [0.25, 0.3) is 5.69 Å². The van der Waals surface area contributed by atoms with E-state index in [1.807, 2.05) is 0 Å². The third-order valence-corrected chi connectivity index (χ3v) is 4.20. The lowest BCUT2D eigenvalue weighted by atomic mass is 9.76. The first-order valence-corrected chi connectivity index (χ1v) is 7.54.